The molecule has 1 amide bonds. The third-order valence-electron chi connectivity index (χ3n) is 3.16. The third kappa shape index (κ3) is 4.25. The van der Waals surface area contributed by atoms with Crippen molar-refractivity contribution in [2.75, 3.05) is 13.2 Å². The zero-order chi connectivity index (χ0) is 15.9. The van der Waals surface area contributed by atoms with Crippen LogP contribution < -0.4 is 5.32 Å². The molecule has 22 heavy (non-hydrogen) atoms. The SMILES string of the molecule is C[C@H](OC(=O)C1=COCCO1)C(=O)N[C@@H](C)c1ccccc1. The van der Waals surface area contributed by atoms with Crippen molar-refractivity contribution in [1.82, 2.24) is 5.32 Å². The first-order valence-corrected chi connectivity index (χ1v) is 7.09. The van der Waals surface area contributed by atoms with Gasteiger partial charge in [-0.3, -0.25) is 4.79 Å². The number of hydrogen-bond donors (Lipinski definition) is 1. The van der Waals surface area contributed by atoms with Crippen molar-refractivity contribution in [3.8, 4) is 0 Å². The Hall–Kier alpha value is -2.50. The fourth-order valence-corrected chi connectivity index (χ4v) is 1.90. The number of nitrogens with one attached hydrogen (secondary N) is 1. The van der Waals surface area contributed by atoms with Crippen LogP contribution in [-0.2, 0) is 23.8 Å². The molecule has 2 atom stereocenters. The number of carbonyl (C=O) groups is 2. The van der Waals surface area contributed by atoms with Crippen molar-refractivity contribution >= 4 is 11.9 Å². The summed E-state index contributed by atoms with van der Waals surface area (Å²) in [5.41, 5.74) is 0.973. The van der Waals surface area contributed by atoms with E-state index in [1.165, 1.54) is 13.2 Å². The van der Waals surface area contributed by atoms with E-state index in [0.29, 0.717) is 6.61 Å². The van der Waals surface area contributed by atoms with Crippen molar-refractivity contribution in [1.29, 1.82) is 0 Å². The minimum Gasteiger partial charge on any atom is -0.493 e. The van der Waals surface area contributed by atoms with E-state index in [2.05, 4.69) is 5.32 Å². The number of carbonyl (C=O) groups excluding carboxylic acids is 2. The van der Waals surface area contributed by atoms with Crippen LogP contribution in [0.15, 0.2) is 42.4 Å². The molecule has 1 N–H and O–H groups in total. The topological polar surface area (TPSA) is 73.9 Å². The van der Waals surface area contributed by atoms with Gasteiger partial charge in [0.05, 0.1) is 6.04 Å². The van der Waals surface area contributed by atoms with Gasteiger partial charge in [0.15, 0.2) is 6.10 Å². The molecule has 6 nitrogen and oxygen atoms in total. The largest absolute Gasteiger partial charge is 0.493 e. The lowest BCUT2D eigenvalue weighted by Crippen LogP contribution is -2.37. The maximum Gasteiger partial charge on any atom is 0.377 e. The maximum atomic E-state index is 12.1. The predicted octanol–water partition coefficient (Wildman–Crippen LogP) is 1.68. The van der Waals surface area contributed by atoms with Crippen molar-refractivity contribution in [3.63, 3.8) is 0 Å². The van der Waals surface area contributed by atoms with Gasteiger partial charge in [-0.05, 0) is 19.4 Å². The second kappa shape index (κ2) is 7.49. The van der Waals surface area contributed by atoms with E-state index in [0.717, 1.165) is 5.56 Å². The Kier molecular flexibility index (Phi) is 5.41. The van der Waals surface area contributed by atoms with Crippen LogP contribution in [0.25, 0.3) is 0 Å². The second-order valence-corrected chi connectivity index (χ2v) is 4.89. The molecule has 0 saturated carbocycles. The van der Waals surface area contributed by atoms with Crippen LogP contribution >= 0.6 is 0 Å². The molecular formula is C16H19NO5. The number of ether oxygens (including phenoxy) is 3. The van der Waals surface area contributed by atoms with Gasteiger partial charge in [-0.1, -0.05) is 30.3 Å². The number of esters is 1. The van der Waals surface area contributed by atoms with Crippen LogP contribution in [0.1, 0.15) is 25.5 Å². The summed E-state index contributed by atoms with van der Waals surface area (Å²) in [6.07, 6.45) is 0.272. The summed E-state index contributed by atoms with van der Waals surface area (Å²) >= 11 is 0. The van der Waals surface area contributed by atoms with E-state index >= 15 is 0 Å². The molecule has 1 aliphatic heterocycles. The lowest BCUT2D eigenvalue weighted by Gasteiger charge is -2.19. The van der Waals surface area contributed by atoms with E-state index < -0.39 is 12.1 Å². The van der Waals surface area contributed by atoms with Gasteiger partial charge < -0.3 is 19.5 Å². The Morgan fingerprint density at radius 3 is 2.55 bits per heavy atom. The highest BCUT2D eigenvalue weighted by molar-refractivity contribution is 5.89. The lowest BCUT2D eigenvalue weighted by atomic mass is 10.1. The average Bonchev–Trinajstić information content (AvgIpc) is 2.56. The Bertz CT molecular complexity index is 555. The van der Waals surface area contributed by atoms with Gasteiger partial charge in [-0.15, -0.1) is 0 Å². The molecule has 0 aliphatic carbocycles. The van der Waals surface area contributed by atoms with E-state index in [1.54, 1.807) is 0 Å². The third-order valence-corrected chi connectivity index (χ3v) is 3.16. The molecule has 0 spiro atoms. The van der Waals surface area contributed by atoms with Crippen molar-refractivity contribution in [3.05, 3.63) is 47.9 Å². The summed E-state index contributed by atoms with van der Waals surface area (Å²) < 4.78 is 15.1. The molecule has 0 radical (unpaired) electrons. The summed E-state index contributed by atoms with van der Waals surface area (Å²) in [5, 5.41) is 2.80. The summed E-state index contributed by atoms with van der Waals surface area (Å²) in [5.74, 6) is -1.11. The number of benzene rings is 1. The molecule has 2 rings (SSSR count). The van der Waals surface area contributed by atoms with Crippen LogP contribution in [0.5, 0.6) is 0 Å². The molecular weight excluding hydrogens is 286 g/mol. The van der Waals surface area contributed by atoms with E-state index in [4.69, 9.17) is 14.2 Å². The van der Waals surface area contributed by atoms with E-state index in [9.17, 15) is 9.59 Å². The van der Waals surface area contributed by atoms with Crippen LogP contribution in [0.4, 0.5) is 0 Å². The monoisotopic (exact) mass is 305 g/mol. The first kappa shape index (κ1) is 15.9. The molecule has 0 fully saturated rings. The second-order valence-electron chi connectivity index (χ2n) is 4.89. The minimum absolute atomic E-state index is 0.0259. The predicted molar refractivity (Wildman–Crippen MR) is 78.5 cm³/mol. The fraction of sp³-hybridized carbons (Fsp3) is 0.375. The van der Waals surface area contributed by atoms with Crippen LogP contribution in [0.2, 0.25) is 0 Å². The van der Waals surface area contributed by atoms with Crippen molar-refractivity contribution in [2.45, 2.75) is 26.0 Å². The standard InChI is InChI=1S/C16H19NO5/c1-11(13-6-4-3-5-7-13)17-15(18)12(2)22-16(19)14-10-20-8-9-21-14/h3-7,10-12H,8-9H2,1-2H3,(H,17,18)/t11-,12-/m0/s1. The van der Waals surface area contributed by atoms with Gasteiger partial charge in [-0.25, -0.2) is 4.79 Å². The molecule has 1 heterocycles. The zero-order valence-corrected chi connectivity index (χ0v) is 12.6. The smallest absolute Gasteiger partial charge is 0.377 e. The number of hydrogen-bond acceptors (Lipinski definition) is 5. The Morgan fingerprint density at radius 2 is 1.91 bits per heavy atom. The average molecular weight is 305 g/mol. The maximum absolute atomic E-state index is 12.1. The van der Waals surface area contributed by atoms with E-state index in [1.807, 2.05) is 37.3 Å². The Balaban J connectivity index is 1.86. The summed E-state index contributed by atoms with van der Waals surface area (Å²) in [7, 11) is 0. The Morgan fingerprint density at radius 1 is 1.18 bits per heavy atom. The highest BCUT2D eigenvalue weighted by atomic mass is 16.6. The highest BCUT2D eigenvalue weighted by Gasteiger charge is 2.24. The number of rotatable bonds is 5. The molecule has 0 unspecified atom stereocenters. The molecule has 6 heteroatoms. The molecule has 0 aromatic heterocycles. The van der Waals surface area contributed by atoms with Gasteiger partial charge in [0.25, 0.3) is 5.91 Å². The minimum atomic E-state index is -0.926. The summed E-state index contributed by atoms with van der Waals surface area (Å²) in [6, 6.07) is 9.35. The zero-order valence-electron chi connectivity index (χ0n) is 12.6. The van der Waals surface area contributed by atoms with Crippen molar-refractivity contribution < 1.29 is 23.8 Å². The van der Waals surface area contributed by atoms with Gasteiger partial charge in [-0.2, -0.15) is 0 Å². The Labute approximate surface area is 129 Å². The van der Waals surface area contributed by atoms with Crippen LogP contribution in [-0.4, -0.2) is 31.2 Å². The molecule has 1 aromatic carbocycles. The summed E-state index contributed by atoms with van der Waals surface area (Å²) in [4.78, 5) is 23.9. The fourth-order valence-electron chi connectivity index (χ4n) is 1.90. The summed E-state index contributed by atoms with van der Waals surface area (Å²) in [6.45, 7) is 4.05. The molecule has 0 saturated heterocycles. The van der Waals surface area contributed by atoms with Gasteiger partial charge in [0.1, 0.15) is 19.5 Å². The van der Waals surface area contributed by atoms with Crippen LogP contribution in [0.3, 0.4) is 0 Å². The van der Waals surface area contributed by atoms with Crippen LogP contribution in [0, 0.1) is 0 Å². The molecule has 118 valence electrons. The normalized spacial score (nSPS) is 16.4. The first-order chi connectivity index (χ1) is 10.6. The van der Waals surface area contributed by atoms with Gasteiger partial charge >= 0.3 is 5.97 Å². The molecule has 1 aromatic rings. The highest BCUT2D eigenvalue weighted by Crippen LogP contribution is 2.12. The first-order valence-electron chi connectivity index (χ1n) is 7.09. The number of amides is 1. The molecule has 0 bridgehead atoms. The quantitative estimate of drug-likeness (QED) is 0.838. The van der Waals surface area contributed by atoms with Crippen molar-refractivity contribution in [2.24, 2.45) is 0 Å². The van der Waals surface area contributed by atoms with E-state index in [-0.39, 0.29) is 24.3 Å². The lowest BCUT2D eigenvalue weighted by molar-refractivity contribution is -0.155. The van der Waals surface area contributed by atoms with Gasteiger partial charge in [0, 0.05) is 0 Å². The molecule has 1 aliphatic rings. The van der Waals surface area contributed by atoms with Gasteiger partial charge in [0.2, 0.25) is 5.76 Å².